The first-order chi connectivity index (χ1) is 18.4. The summed E-state index contributed by atoms with van der Waals surface area (Å²) in [5, 5.41) is 2.85. The van der Waals surface area contributed by atoms with E-state index in [1.165, 1.54) is 25.0 Å². The maximum atomic E-state index is 14.8. The lowest BCUT2D eigenvalue weighted by Gasteiger charge is -2.24. The van der Waals surface area contributed by atoms with Gasteiger partial charge in [-0.05, 0) is 75.0 Å². The second-order valence-electron chi connectivity index (χ2n) is 10.3. The largest absolute Gasteiger partial charge is 0.358 e. The van der Waals surface area contributed by atoms with Crippen molar-refractivity contribution in [2.75, 3.05) is 38.0 Å². The number of nitrogens with zero attached hydrogens (tertiary/aromatic N) is 2. The van der Waals surface area contributed by atoms with Gasteiger partial charge in [-0.1, -0.05) is 24.3 Å². The Kier molecular flexibility index (Phi) is 6.35. The van der Waals surface area contributed by atoms with Crippen molar-refractivity contribution in [3.8, 4) is 11.1 Å². The molecule has 0 bridgehead atoms. The number of halogens is 2. The number of aromatic nitrogens is 1. The minimum absolute atomic E-state index is 0.0221. The van der Waals surface area contributed by atoms with Crippen LogP contribution in [0, 0.1) is 18.6 Å². The molecule has 2 aromatic carbocycles. The first-order valence-electron chi connectivity index (χ1n) is 13.3. The molecule has 6 nitrogen and oxygen atoms in total. The lowest BCUT2D eigenvalue weighted by atomic mass is 9.93. The Hall–Kier alpha value is -3.78. The fraction of sp³-hybridized carbons (Fsp3) is 0.333. The van der Waals surface area contributed by atoms with E-state index in [4.69, 9.17) is 0 Å². The Bertz CT molecular complexity index is 1470. The third-order valence-electron chi connectivity index (χ3n) is 7.96. The zero-order valence-corrected chi connectivity index (χ0v) is 21.4. The van der Waals surface area contributed by atoms with Crippen molar-refractivity contribution in [1.82, 2.24) is 14.8 Å². The molecule has 196 valence electrons. The van der Waals surface area contributed by atoms with E-state index in [0.29, 0.717) is 40.2 Å². The van der Waals surface area contributed by atoms with Crippen molar-refractivity contribution < 1.29 is 18.4 Å². The number of fused-ring (bicyclic) bond motifs is 2. The number of carbonyl (C=O) groups excluding carboxylic acids is 2. The van der Waals surface area contributed by atoms with Crippen molar-refractivity contribution in [2.45, 2.75) is 32.6 Å². The van der Waals surface area contributed by atoms with Crippen LogP contribution in [0.1, 0.15) is 52.1 Å². The molecule has 0 spiro atoms. The van der Waals surface area contributed by atoms with E-state index < -0.39 is 11.6 Å². The molecule has 3 aliphatic rings. The van der Waals surface area contributed by atoms with Gasteiger partial charge in [0.05, 0.1) is 11.1 Å². The highest BCUT2D eigenvalue weighted by atomic mass is 19.2. The molecule has 4 heterocycles. The molecule has 2 amide bonds. The minimum atomic E-state index is -0.956. The molecule has 0 radical (unpaired) electrons. The van der Waals surface area contributed by atoms with Crippen LogP contribution < -0.4 is 5.32 Å². The van der Waals surface area contributed by atoms with Crippen LogP contribution in [-0.2, 0) is 11.2 Å². The number of rotatable bonds is 5. The molecule has 0 aliphatic carbocycles. The summed E-state index contributed by atoms with van der Waals surface area (Å²) < 4.78 is 28.8. The molecule has 1 aromatic heterocycles. The van der Waals surface area contributed by atoms with Gasteiger partial charge in [0, 0.05) is 47.8 Å². The van der Waals surface area contributed by atoms with Crippen LogP contribution >= 0.6 is 0 Å². The summed E-state index contributed by atoms with van der Waals surface area (Å²) in [4.78, 5) is 34.4. The minimum Gasteiger partial charge on any atom is -0.358 e. The Balaban J connectivity index is 1.37. The summed E-state index contributed by atoms with van der Waals surface area (Å²) in [7, 11) is 0. The molecule has 2 N–H and O–H groups in total. The molecule has 3 aliphatic heterocycles. The zero-order valence-electron chi connectivity index (χ0n) is 21.4. The van der Waals surface area contributed by atoms with Gasteiger partial charge in [-0.25, -0.2) is 8.78 Å². The third kappa shape index (κ3) is 4.22. The fourth-order valence-corrected chi connectivity index (χ4v) is 5.96. The van der Waals surface area contributed by atoms with Crippen LogP contribution in [0.5, 0.6) is 0 Å². The van der Waals surface area contributed by atoms with Crippen LogP contribution in [-0.4, -0.2) is 59.3 Å². The van der Waals surface area contributed by atoms with Crippen molar-refractivity contribution in [3.05, 3.63) is 76.1 Å². The smallest absolute Gasteiger partial charge is 0.256 e. The van der Waals surface area contributed by atoms with E-state index >= 15 is 0 Å². The number of nitrogens with one attached hydrogen (secondary N) is 2. The number of aromatic amines is 1. The SMILES string of the molecule is Cc1c(/C=C2\C(=O)Nc3cccc(-c4cccc(F)c4F)c32)[nH]c2c1C(=O)N(CCN1CCCC1)CCC2. The standard InChI is InChI=1S/C30H30F2N4O2/c1-18-25(33-23-11-6-14-36(30(38)26(18)23)16-15-35-12-2-3-13-35)17-21-27-19(7-5-10-24(27)34-29(21)37)20-8-4-9-22(31)28(20)32/h4-5,7-10,17,33H,2-3,6,11-16H2,1H3,(H,34,37)/b21-17-. The van der Waals surface area contributed by atoms with Crippen molar-refractivity contribution in [2.24, 2.45) is 0 Å². The van der Waals surface area contributed by atoms with Gasteiger partial charge in [-0.15, -0.1) is 0 Å². The number of benzene rings is 2. The molecule has 38 heavy (non-hydrogen) atoms. The Labute approximate surface area is 220 Å². The van der Waals surface area contributed by atoms with Gasteiger partial charge in [0.15, 0.2) is 11.6 Å². The predicted octanol–water partition coefficient (Wildman–Crippen LogP) is 5.25. The summed E-state index contributed by atoms with van der Waals surface area (Å²) in [6.45, 7) is 6.41. The normalized spacial score (nSPS) is 18.6. The molecule has 1 saturated heterocycles. The summed E-state index contributed by atoms with van der Waals surface area (Å²) in [5.74, 6) is -2.21. The highest BCUT2D eigenvalue weighted by Gasteiger charge is 2.31. The van der Waals surface area contributed by atoms with Gasteiger partial charge in [0.2, 0.25) is 0 Å². The van der Waals surface area contributed by atoms with Crippen molar-refractivity contribution >= 4 is 29.2 Å². The van der Waals surface area contributed by atoms with E-state index in [0.717, 1.165) is 56.3 Å². The van der Waals surface area contributed by atoms with Crippen LogP contribution in [0.2, 0.25) is 0 Å². The van der Waals surface area contributed by atoms with Crippen molar-refractivity contribution in [1.29, 1.82) is 0 Å². The summed E-state index contributed by atoms with van der Waals surface area (Å²) in [6, 6.07) is 9.17. The van der Waals surface area contributed by atoms with Crippen molar-refractivity contribution in [3.63, 3.8) is 0 Å². The molecule has 0 atom stereocenters. The molecular formula is C30H30F2N4O2. The predicted molar refractivity (Wildman–Crippen MR) is 144 cm³/mol. The number of H-pyrrole nitrogens is 1. The average Bonchev–Trinajstić information content (AvgIpc) is 3.58. The number of hydrogen-bond donors (Lipinski definition) is 2. The van der Waals surface area contributed by atoms with Gasteiger partial charge >= 0.3 is 0 Å². The first kappa shape index (κ1) is 24.6. The van der Waals surface area contributed by atoms with Crippen LogP contribution in [0.3, 0.4) is 0 Å². The summed E-state index contributed by atoms with van der Waals surface area (Å²) in [6.07, 6.45) is 5.77. The Morgan fingerprint density at radius 3 is 2.50 bits per heavy atom. The fourth-order valence-electron chi connectivity index (χ4n) is 5.96. The molecule has 0 saturated carbocycles. The summed E-state index contributed by atoms with van der Waals surface area (Å²) in [5.41, 5.74) is 4.95. The van der Waals surface area contributed by atoms with E-state index in [9.17, 15) is 18.4 Å². The zero-order chi connectivity index (χ0) is 26.4. The second kappa shape index (κ2) is 9.83. The van der Waals surface area contributed by atoms with E-state index in [2.05, 4.69) is 15.2 Å². The van der Waals surface area contributed by atoms with Gasteiger partial charge in [-0.2, -0.15) is 0 Å². The van der Waals surface area contributed by atoms with E-state index in [1.54, 1.807) is 24.3 Å². The molecule has 3 aromatic rings. The molecule has 1 fully saturated rings. The van der Waals surface area contributed by atoms with Crippen LogP contribution in [0.15, 0.2) is 36.4 Å². The summed E-state index contributed by atoms with van der Waals surface area (Å²) >= 11 is 0. The Morgan fingerprint density at radius 1 is 0.921 bits per heavy atom. The van der Waals surface area contributed by atoms with Gasteiger partial charge < -0.3 is 20.1 Å². The molecule has 8 heteroatoms. The number of likely N-dealkylation sites (tertiary alicyclic amines) is 1. The second-order valence-corrected chi connectivity index (χ2v) is 10.3. The maximum absolute atomic E-state index is 14.8. The van der Waals surface area contributed by atoms with Crippen LogP contribution in [0.25, 0.3) is 22.8 Å². The van der Waals surface area contributed by atoms with Gasteiger partial charge in [0.1, 0.15) is 0 Å². The number of amides is 2. The monoisotopic (exact) mass is 516 g/mol. The van der Waals surface area contributed by atoms with E-state index in [1.807, 2.05) is 11.8 Å². The topological polar surface area (TPSA) is 68.4 Å². The van der Waals surface area contributed by atoms with E-state index in [-0.39, 0.29) is 17.4 Å². The lowest BCUT2D eigenvalue weighted by Crippen LogP contribution is -2.38. The average molecular weight is 517 g/mol. The molecular weight excluding hydrogens is 486 g/mol. The maximum Gasteiger partial charge on any atom is 0.256 e. The Morgan fingerprint density at radius 2 is 1.68 bits per heavy atom. The molecule has 0 unspecified atom stereocenters. The number of hydrogen-bond acceptors (Lipinski definition) is 3. The quantitative estimate of drug-likeness (QED) is 0.456. The van der Waals surface area contributed by atoms with Crippen LogP contribution in [0.4, 0.5) is 14.5 Å². The lowest BCUT2D eigenvalue weighted by molar-refractivity contribution is -0.110. The first-order valence-corrected chi connectivity index (χ1v) is 13.3. The molecule has 6 rings (SSSR count). The van der Waals surface area contributed by atoms with Gasteiger partial charge in [0.25, 0.3) is 11.8 Å². The number of anilines is 1. The number of carbonyl (C=O) groups is 2. The number of aryl methyl sites for hydroxylation is 1. The highest BCUT2D eigenvalue weighted by Crippen LogP contribution is 2.42. The van der Waals surface area contributed by atoms with Gasteiger partial charge in [-0.3, -0.25) is 9.59 Å². The third-order valence-corrected chi connectivity index (χ3v) is 7.96. The highest BCUT2D eigenvalue weighted by molar-refractivity contribution is 6.36.